The summed E-state index contributed by atoms with van der Waals surface area (Å²) in [4.78, 5) is 11.2. The van der Waals surface area contributed by atoms with Crippen molar-refractivity contribution >= 4 is 5.97 Å². The number of hydrogen-bond acceptors (Lipinski definition) is 3. The molecule has 1 fully saturated rings. The summed E-state index contributed by atoms with van der Waals surface area (Å²) < 4.78 is 4.64. The number of hydrogen-bond donors (Lipinski definition) is 1. The van der Waals surface area contributed by atoms with Crippen LogP contribution in [0.25, 0.3) is 0 Å². The Bertz CT molecular complexity index is 385. The van der Waals surface area contributed by atoms with Crippen molar-refractivity contribution in [3.05, 3.63) is 35.4 Å². The molecule has 86 valence electrons. The first-order chi connectivity index (χ1) is 7.72. The zero-order chi connectivity index (χ0) is 11.5. The van der Waals surface area contributed by atoms with E-state index in [4.69, 9.17) is 5.73 Å². The number of esters is 1. The van der Waals surface area contributed by atoms with Gasteiger partial charge in [0.1, 0.15) is 0 Å². The van der Waals surface area contributed by atoms with Gasteiger partial charge in [0.2, 0.25) is 0 Å². The molecule has 0 unspecified atom stereocenters. The van der Waals surface area contributed by atoms with E-state index in [-0.39, 0.29) is 18.4 Å². The van der Waals surface area contributed by atoms with E-state index in [1.165, 1.54) is 25.5 Å². The summed E-state index contributed by atoms with van der Waals surface area (Å²) in [5.41, 5.74) is 8.43. The van der Waals surface area contributed by atoms with Crippen molar-refractivity contribution in [1.29, 1.82) is 0 Å². The number of carbonyl (C=O) groups is 1. The molecule has 0 heterocycles. The minimum absolute atomic E-state index is 0.246. The molecule has 0 amide bonds. The normalized spacial score (nSPS) is 16.9. The molecule has 1 aliphatic carbocycles. The number of nitrogens with two attached hydrogens (primary N) is 1. The summed E-state index contributed by atoms with van der Waals surface area (Å²) in [6, 6.07) is 7.88. The van der Waals surface area contributed by atoms with Crippen LogP contribution in [0, 0.1) is 0 Å². The molecular formula is C13H17NO2. The van der Waals surface area contributed by atoms with Crippen LogP contribution in [0.3, 0.4) is 0 Å². The number of carbonyl (C=O) groups excluding carboxylic acids is 1. The summed E-state index contributed by atoms with van der Waals surface area (Å²) in [5, 5.41) is 0. The summed E-state index contributed by atoms with van der Waals surface area (Å²) >= 11 is 0. The van der Waals surface area contributed by atoms with Crippen LogP contribution in [0.2, 0.25) is 0 Å². The minimum atomic E-state index is -0.252. The summed E-state index contributed by atoms with van der Waals surface area (Å²) in [6.07, 6.45) is 2.73. The van der Waals surface area contributed by atoms with Gasteiger partial charge in [-0.3, -0.25) is 4.79 Å². The third-order valence-electron chi connectivity index (χ3n) is 3.03. The maximum atomic E-state index is 11.2. The Hall–Kier alpha value is -1.35. The van der Waals surface area contributed by atoms with Gasteiger partial charge in [-0.05, 0) is 29.9 Å². The molecule has 0 radical (unpaired) electrons. The molecule has 2 rings (SSSR count). The molecule has 2 N–H and O–H groups in total. The molecule has 1 aliphatic rings. The topological polar surface area (TPSA) is 52.3 Å². The SMILES string of the molecule is COC(=O)C[C@H](N)c1ccccc1C1CC1. The zero-order valence-electron chi connectivity index (χ0n) is 9.48. The maximum absolute atomic E-state index is 11.2. The quantitative estimate of drug-likeness (QED) is 0.789. The highest BCUT2D eigenvalue weighted by Gasteiger charge is 2.27. The predicted molar refractivity (Wildman–Crippen MR) is 62.0 cm³/mol. The van der Waals surface area contributed by atoms with Gasteiger partial charge >= 0.3 is 5.97 Å². The number of ether oxygens (including phenoxy) is 1. The number of rotatable bonds is 4. The molecule has 0 spiro atoms. The molecule has 16 heavy (non-hydrogen) atoms. The van der Waals surface area contributed by atoms with Crippen molar-refractivity contribution < 1.29 is 9.53 Å². The predicted octanol–water partition coefficient (Wildman–Crippen LogP) is 2.13. The largest absolute Gasteiger partial charge is 0.469 e. The Balaban J connectivity index is 2.15. The number of methoxy groups -OCH3 is 1. The Kier molecular flexibility index (Phi) is 3.25. The molecule has 0 saturated heterocycles. The Morgan fingerprint density at radius 2 is 2.19 bits per heavy atom. The van der Waals surface area contributed by atoms with Gasteiger partial charge in [-0.25, -0.2) is 0 Å². The average Bonchev–Trinajstić information content (AvgIpc) is 3.12. The molecule has 0 aromatic heterocycles. The van der Waals surface area contributed by atoms with Gasteiger partial charge in [-0.15, -0.1) is 0 Å². The first-order valence-electron chi connectivity index (χ1n) is 5.63. The van der Waals surface area contributed by atoms with Gasteiger partial charge in [0, 0.05) is 6.04 Å². The standard InChI is InChI=1S/C13H17NO2/c1-16-13(15)8-12(14)11-5-3-2-4-10(11)9-6-7-9/h2-5,9,12H,6-8,14H2,1H3/t12-/m0/s1. The Labute approximate surface area is 95.6 Å². The van der Waals surface area contributed by atoms with Gasteiger partial charge in [-0.1, -0.05) is 24.3 Å². The average molecular weight is 219 g/mol. The lowest BCUT2D eigenvalue weighted by atomic mass is 9.96. The monoisotopic (exact) mass is 219 g/mol. The summed E-state index contributed by atoms with van der Waals surface area (Å²) in [7, 11) is 1.39. The van der Waals surface area contributed by atoms with Crippen LogP contribution in [-0.4, -0.2) is 13.1 Å². The fraction of sp³-hybridized carbons (Fsp3) is 0.462. The van der Waals surface area contributed by atoms with Crippen LogP contribution < -0.4 is 5.73 Å². The molecule has 1 atom stereocenters. The van der Waals surface area contributed by atoms with E-state index in [9.17, 15) is 4.79 Å². The molecular weight excluding hydrogens is 202 g/mol. The highest BCUT2D eigenvalue weighted by atomic mass is 16.5. The molecule has 1 saturated carbocycles. The lowest BCUT2D eigenvalue weighted by Crippen LogP contribution is -2.17. The van der Waals surface area contributed by atoms with Crippen LogP contribution in [0.1, 0.15) is 42.3 Å². The summed E-state index contributed by atoms with van der Waals surface area (Å²) in [5.74, 6) is 0.401. The van der Waals surface area contributed by atoms with E-state index in [0.29, 0.717) is 5.92 Å². The van der Waals surface area contributed by atoms with Gasteiger partial charge < -0.3 is 10.5 Å². The minimum Gasteiger partial charge on any atom is -0.469 e. The fourth-order valence-corrected chi connectivity index (χ4v) is 1.99. The lowest BCUT2D eigenvalue weighted by Gasteiger charge is -2.15. The van der Waals surface area contributed by atoms with E-state index in [0.717, 1.165) is 5.56 Å². The zero-order valence-corrected chi connectivity index (χ0v) is 9.48. The van der Waals surface area contributed by atoms with Gasteiger partial charge in [-0.2, -0.15) is 0 Å². The molecule has 0 aliphatic heterocycles. The smallest absolute Gasteiger partial charge is 0.307 e. The second-order valence-corrected chi connectivity index (χ2v) is 4.29. The first kappa shape index (κ1) is 11.1. The van der Waals surface area contributed by atoms with Gasteiger partial charge in [0.15, 0.2) is 0 Å². The van der Waals surface area contributed by atoms with Crippen LogP contribution in [0.5, 0.6) is 0 Å². The van der Waals surface area contributed by atoms with E-state index in [2.05, 4.69) is 10.8 Å². The highest BCUT2D eigenvalue weighted by molar-refractivity contribution is 5.70. The van der Waals surface area contributed by atoms with E-state index in [1.54, 1.807) is 0 Å². The molecule has 3 heteroatoms. The third-order valence-corrected chi connectivity index (χ3v) is 3.03. The van der Waals surface area contributed by atoms with E-state index >= 15 is 0 Å². The fourth-order valence-electron chi connectivity index (χ4n) is 1.99. The Morgan fingerprint density at radius 3 is 2.81 bits per heavy atom. The van der Waals surface area contributed by atoms with Gasteiger partial charge in [0.25, 0.3) is 0 Å². The second-order valence-electron chi connectivity index (χ2n) is 4.29. The first-order valence-corrected chi connectivity index (χ1v) is 5.63. The van der Waals surface area contributed by atoms with Crippen molar-refractivity contribution in [3.8, 4) is 0 Å². The molecule has 0 bridgehead atoms. The van der Waals surface area contributed by atoms with Gasteiger partial charge in [0.05, 0.1) is 13.5 Å². The van der Waals surface area contributed by atoms with Crippen molar-refractivity contribution in [2.45, 2.75) is 31.2 Å². The van der Waals surface area contributed by atoms with Crippen molar-refractivity contribution in [2.75, 3.05) is 7.11 Å². The molecule has 1 aromatic carbocycles. The van der Waals surface area contributed by atoms with Crippen molar-refractivity contribution in [1.82, 2.24) is 0 Å². The van der Waals surface area contributed by atoms with E-state index in [1.807, 2.05) is 18.2 Å². The van der Waals surface area contributed by atoms with Crippen LogP contribution in [-0.2, 0) is 9.53 Å². The van der Waals surface area contributed by atoms with E-state index < -0.39 is 0 Å². The van der Waals surface area contributed by atoms with Crippen LogP contribution in [0.4, 0.5) is 0 Å². The maximum Gasteiger partial charge on any atom is 0.307 e. The van der Waals surface area contributed by atoms with Crippen molar-refractivity contribution in [3.63, 3.8) is 0 Å². The molecule has 1 aromatic rings. The lowest BCUT2D eigenvalue weighted by molar-refractivity contribution is -0.141. The van der Waals surface area contributed by atoms with Crippen LogP contribution >= 0.6 is 0 Å². The Morgan fingerprint density at radius 1 is 1.50 bits per heavy atom. The summed E-state index contributed by atoms with van der Waals surface area (Å²) in [6.45, 7) is 0. The third kappa shape index (κ3) is 2.42. The number of benzene rings is 1. The second kappa shape index (κ2) is 4.66. The van der Waals surface area contributed by atoms with Crippen molar-refractivity contribution in [2.24, 2.45) is 5.73 Å². The molecule has 3 nitrogen and oxygen atoms in total. The highest BCUT2D eigenvalue weighted by Crippen LogP contribution is 2.42. The van der Waals surface area contributed by atoms with Crippen LogP contribution in [0.15, 0.2) is 24.3 Å².